The third-order valence-electron chi connectivity index (χ3n) is 3.43. The van der Waals surface area contributed by atoms with Gasteiger partial charge in [-0.2, -0.15) is 0 Å². The summed E-state index contributed by atoms with van der Waals surface area (Å²) in [6.45, 7) is 2.64. The molecule has 0 radical (unpaired) electrons. The van der Waals surface area contributed by atoms with Gasteiger partial charge in [0.25, 0.3) is 0 Å². The van der Waals surface area contributed by atoms with E-state index in [1.54, 1.807) is 0 Å². The number of carbonyl (C=O) groups excluding carboxylic acids is 1. The Morgan fingerprint density at radius 3 is 2.94 bits per heavy atom. The Hall–Kier alpha value is -0.610. The van der Waals surface area contributed by atoms with E-state index in [1.807, 2.05) is 0 Å². The van der Waals surface area contributed by atoms with Gasteiger partial charge >= 0.3 is 0 Å². The monoisotopic (exact) mass is 226 g/mol. The molecule has 2 fully saturated rings. The highest BCUT2D eigenvalue weighted by Crippen LogP contribution is 2.13. The molecule has 1 unspecified atom stereocenters. The molecule has 0 aliphatic carbocycles. The molecule has 4 nitrogen and oxygen atoms in total. The number of rotatable bonds is 4. The molecule has 2 heterocycles. The van der Waals surface area contributed by atoms with Crippen LogP contribution in [0.25, 0.3) is 0 Å². The van der Waals surface area contributed by atoms with Crippen LogP contribution in [0.3, 0.4) is 0 Å². The number of carbonyl (C=O) groups is 1. The minimum absolute atomic E-state index is 0.0812. The Bertz CT molecular complexity index is 221. The summed E-state index contributed by atoms with van der Waals surface area (Å²) in [7, 11) is 0. The molecule has 2 saturated heterocycles. The molecule has 16 heavy (non-hydrogen) atoms. The van der Waals surface area contributed by atoms with E-state index in [0.29, 0.717) is 6.04 Å². The quantitative estimate of drug-likeness (QED) is 0.746. The van der Waals surface area contributed by atoms with Crippen molar-refractivity contribution in [2.75, 3.05) is 19.7 Å². The molecular weight excluding hydrogens is 204 g/mol. The summed E-state index contributed by atoms with van der Waals surface area (Å²) in [6.07, 6.45) is 6.45. The van der Waals surface area contributed by atoms with E-state index in [4.69, 9.17) is 4.74 Å². The third kappa shape index (κ3) is 3.46. The zero-order chi connectivity index (χ0) is 11.2. The lowest BCUT2D eigenvalue weighted by Crippen LogP contribution is -2.40. The van der Waals surface area contributed by atoms with Crippen LogP contribution >= 0.6 is 0 Å². The van der Waals surface area contributed by atoms with Crippen LogP contribution in [0.1, 0.15) is 38.5 Å². The number of nitrogens with one attached hydrogen (secondary N) is 2. The van der Waals surface area contributed by atoms with E-state index in [9.17, 15) is 4.79 Å². The highest BCUT2D eigenvalue weighted by Gasteiger charge is 2.21. The first-order valence-corrected chi connectivity index (χ1v) is 6.49. The molecular formula is C12H22N2O2. The molecule has 0 saturated carbocycles. The zero-order valence-corrected chi connectivity index (χ0v) is 9.84. The number of hydrogen-bond donors (Lipinski definition) is 2. The Kier molecular flexibility index (Phi) is 4.60. The van der Waals surface area contributed by atoms with Gasteiger partial charge < -0.3 is 15.4 Å². The van der Waals surface area contributed by atoms with Crippen molar-refractivity contribution in [2.24, 2.45) is 0 Å². The third-order valence-corrected chi connectivity index (χ3v) is 3.43. The molecule has 2 aliphatic rings. The highest BCUT2D eigenvalue weighted by molar-refractivity contribution is 5.80. The molecule has 2 aliphatic heterocycles. The molecule has 92 valence electrons. The fourth-order valence-electron chi connectivity index (χ4n) is 2.43. The highest BCUT2D eigenvalue weighted by atomic mass is 16.5. The van der Waals surface area contributed by atoms with Gasteiger partial charge in [0, 0.05) is 19.2 Å². The van der Waals surface area contributed by atoms with Crippen LogP contribution in [0, 0.1) is 0 Å². The van der Waals surface area contributed by atoms with E-state index in [-0.39, 0.29) is 12.0 Å². The van der Waals surface area contributed by atoms with Crippen molar-refractivity contribution in [3.63, 3.8) is 0 Å². The largest absolute Gasteiger partial charge is 0.368 e. The zero-order valence-electron chi connectivity index (χ0n) is 9.84. The molecule has 0 spiro atoms. The van der Waals surface area contributed by atoms with E-state index in [0.717, 1.165) is 45.4 Å². The van der Waals surface area contributed by atoms with Crippen LogP contribution in [0.2, 0.25) is 0 Å². The Balaban J connectivity index is 1.59. The van der Waals surface area contributed by atoms with Crippen molar-refractivity contribution < 1.29 is 9.53 Å². The van der Waals surface area contributed by atoms with Gasteiger partial charge in [-0.05, 0) is 45.1 Å². The molecule has 1 amide bonds. The lowest BCUT2D eigenvalue weighted by atomic mass is 10.1. The van der Waals surface area contributed by atoms with Gasteiger partial charge in [-0.15, -0.1) is 0 Å². The smallest absolute Gasteiger partial charge is 0.249 e. The average molecular weight is 226 g/mol. The van der Waals surface area contributed by atoms with Gasteiger partial charge in [-0.1, -0.05) is 0 Å². The second-order valence-corrected chi connectivity index (χ2v) is 4.73. The first kappa shape index (κ1) is 11.9. The summed E-state index contributed by atoms with van der Waals surface area (Å²) in [4.78, 5) is 11.7. The summed E-state index contributed by atoms with van der Waals surface area (Å²) < 4.78 is 5.43. The second-order valence-electron chi connectivity index (χ2n) is 4.73. The standard InChI is InChI=1S/C12H22N2O2/c15-12(11-5-1-2-9-16-11)14-8-6-10-4-3-7-13-10/h10-11,13H,1-9H2,(H,14,15)/t10-,11?/m0/s1. The molecule has 2 N–H and O–H groups in total. The van der Waals surface area contributed by atoms with Crippen molar-refractivity contribution >= 4 is 5.91 Å². The SMILES string of the molecule is O=C(NCC[C@@H]1CCCN1)C1CCCCO1. The molecule has 0 aromatic carbocycles. The van der Waals surface area contributed by atoms with Gasteiger partial charge in [0.2, 0.25) is 5.91 Å². The first-order chi connectivity index (χ1) is 7.86. The molecule has 0 bridgehead atoms. The fourth-order valence-corrected chi connectivity index (χ4v) is 2.43. The van der Waals surface area contributed by atoms with E-state index in [1.165, 1.54) is 12.8 Å². The van der Waals surface area contributed by atoms with Crippen molar-refractivity contribution in [1.82, 2.24) is 10.6 Å². The summed E-state index contributed by atoms with van der Waals surface area (Å²) >= 11 is 0. The van der Waals surface area contributed by atoms with Gasteiger partial charge in [0.1, 0.15) is 6.10 Å². The molecule has 2 rings (SSSR count). The number of hydrogen-bond acceptors (Lipinski definition) is 3. The lowest BCUT2D eigenvalue weighted by molar-refractivity contribution is -0.135. The van der Waals surface area contributed by atoms with Gasteiger partial charge in [0.15, 0.2) is 0 Å². The van der Waals surface area contributed by atoms with Crippen molar-refractivity contribution in [3.05, 3.63) is 0 Å². The lowest BCUT2D eigenvalue weighted by Gasteiger charge is -2.22. The number of ether oxygens (including phenoxy) is 1. The van der Waals surface area contributed by atoms with Crippen molar-refractivity contribution in [3.8, 4) is 0 Å². The summed E-state index contributed by atoms with van der Waals surface area (Å²) in [5, 5.41) is 6.40. The van der Waals surface area contributed by atoms with Crippen LogP contribution in [0.15, 0.2) is 0 Å². The Labute approximate surface area is 97.1 Å². The second kappa shape index (κ2) is 6.21. The van der Waals surface area contributed by atoms with E-state index in [2.05, 4.69) is 10.6 Å². The number of amides is 1. The van der Waals surface area contributed by atoms with Gasteiger partial charge in [-0.3, -0.25) is 4.79 Å². The maximum Gasteiger partial charge on any atom is 0.249 e. The molecule has 2 atom stereocenters. The predicted molar refractivity (Wildman–Crippen MR) is 62.2 cm³/mol. The fraction of sp³-hybridized carbons (Fsp3) is 0.917. The van der Waals surface area contributed by atoms with E-state index < -0.39 is 0 Å². The molecule has 0 aromatic heterocycles. The van der Waals surface area contributed by atoms with Crippen LogP contribution in [0.4, 0.5) is 0 Å². The minimum Gasteiger partial charge on any atom is -0.368 e. The van der Waals surface area contributed by atoms with Crippen LogP contribution in [0.5, 0.6) is 0 Å². The molecule has 0 aromatic rings. The van der Waals surface area contributed by atoms with Crippen LogP contribution < -0.4 is 10.6 Å². The summed E-state index contributed by atoms with van der Waals surface area (Å²) in [5.41, 5.74) is 0. The summed E-state index contributed by atoms with van der Waals surface area (Å²) in [5.74, 6) is 0.0812. The van der Waals surface area contributed by atoms with Crippen LogP contribution in [-0.2, 0) is 9.53 Å². The Morgan fingerprint density at radius 1 is 1.31 bits per heavy atom. The minimum atomic E-state index is -0.190. The maximum atomic E-state index is 11.7. The first-order valence-electron chi connectivity index (χ1n) is 6.49. The topological polar surface area (TPSA) is 50.4 Å². The van der Waals surface area contributed by atoms with Crippen LogP contribution in [-0.4, -0.2) is 37.7 Å². The predicted octanol–water partition coefficient (Wildman–Crippen LogP) is 0.814. The van der Waals surface area contributed by atoms with Crippen molar-refractivity contribution in [2.45, 2.75) is 50.7 Å². The average Bonchev–Trinajstić information content (AvgIpc) is 2.83. The van der Waals surface area contributed by atoms with Gasteiger partial charge in [-0.25, -0.2) is 0 Å². The van der Waals surface area contributed by atoms with Gasteiger partial charge in [0.05, 0.1) is 0 Å². The Morgan fingerprint density at radius 2 is 2.25 bits per heavy atom. The molecule has 4 heteroatoms. The van der Waals surface area contributed by atoms with E-state index >= 15 is 0 Å². The summed E-state index contributed by atoms with van der Waals surface area (Å²) in [6, 6.07) is 0.604. The van der Waals surface area contributed by atoms with Crippen molar-refractivity contribution in [1.29, 1.82) is 0 Å². The maximum absolute atomic E-state index is 11.7. The normalized spacial score (nSPS) is 30.2.